The molecule has 2 heterocycles. The minimum Gasteiger partial charge on any atom is -0.465 e. The van der Waals surface area contributed by atoms with Crippen molar-refractivity contribution in [3.05, 3.63) is 24.3 Å². The summed E-state index contributed by atoms with van der Waals surface area (Å²) in [5.74, 6) is 1.43. The Morgan fingerprint density at radius 1 is 1.36 bits per heavy atom. The van der Waals surface area contributed by atoms with Crippen molar-refractivity contribution in [2.45, 2.75) is 43.4 Å². The maximum Gasteiger partial charge on any atom is 0.410 e. The standard InChI is InChI=1S/C16H20N2O3S/c19-15(20)17-14-18-16(9-22-14)10-5-1-3-7-12(10)21-13-8-4-2-6-11(13)16/h1,3,5,7,10-13H,2,4,6,8-9H2,(H,17,18)(H,19,20). The quantitative estimate of drug-likeness (QED) is 0.720. The molecule has 1 saturated carbocycles. The third kappa shape index (κ3) is 2.20. The summed E-state index contributed by atoms with van der Waals surface area (Å²) in [6.45, 7) is 0. The molecule has 2 aliphatic heterocycles. The van der Waals surface area contributed by atoms with Gasteiger partial charge in [-0.15, -0.1) is 0 Å². The number of nitrogens with one attached hydrogen (secondary N) is 1. The Morgan fingerprint density at radius 2 is 2.18 bits per heavy atom. The number of aliphatic imine (C=N–C) groups is 1. The number of thioether (sulfide) groups is 1. The second-order valence-corrected chi connectivity index (χ2v) is 7.42. The second-order valence-electron chi connectivity index (χ2n) is 6.45. The minimum atomic E-state index is -1.04. The number of amides is 1. The molecule has 4 rings (SSSR count). The van der Waals surface area contributed by atoms with E-state index in [1.54, 1.807) is 0 Å². The largest absolute Gasteiger partial charge is 0.465 e. The van der Waals surface area contributed by atoms with E-state index < -0.39 is 6.09 Å². The van der Waals surface area contributed by atoms with Crippen molar-refractivity contribution in [2.24, 2.45) is 16.8 Å². The van der Waals surface area contributed by atoms with Gasteiger partial charge in [0.1, 0.15) is 0 Å². The van der Waals surface area contributed by atoms with Crippen molar-refractivity contribution in [1.29, 1.82) is 0 Å². The highest BCUT2D eigenvalue weighted by atomic mass is 32.2. The Kier molecular flexibility index (Phi) is 3.53. The molecule has 4 aliphatic rings. The fourth-order valence-electron chi connectivity index (χ4n) is 4.40. The molecule has 0 bridgehead atoms. The highest BCUT2D eigenvalue weighted by molar-refractivity contribution is 8.14. The maximum absolute atomic E-state index is 10.9. The first kappa shape index (κ1) is 14.3. The molecular weight excluding hydrogens is 300 g/mol. The first-order chi connectivity index (χ1) is 10.7. The molecule has 0 aromatic heterocycles. The van der Waals surface area contributed by atoms with Crippen LogP contribution in [0.3, 0.4) is 0 Å². The topological polar surface area (TPSA) is 70.9 Å². The number of fused-ring (bicyclic) bond motifs is 4. The fourth-order valence-corrected chi connectivity index (χ4v) is 5.64. The molecule has 0 radical (unpaired) electrons. The van der Waals surface area contributed by atoms with Gasteiger partial charge in [0, 0.05) is 17.6 Å². The second kappa shape index (κ2) is 5.42. The van der Waals surface area contributed by atoms with Crippen molar-refractivity contribution in [3.63, 3.8) is 0 Å². The van der Waals surface area contributed by atoms with Gasteiger partial charge in [-0.05, 0) is 12.8 Å². The lowest BCUT2D eigenvalue weighted by Crippen LogP contribution is -2.59. The molecule has 0 aromatic carbocycles. The van der Waals surface area contributed by atoms with Gasteiger partial charge in [0.2, 0.25) is 0 Å². The highest BCUT2D eigenvalue weighted by Crippen LogP contribution is 2.52. The molecular formula is C16H20N2O3S. The van der Waals surface area contributed by atoms with Crippen molar-refractivity contribution in [2.75, 3.05) is 5.75 Å². The number of carbonyl (C=O) groups is 1. The molecule has 2 fully saturated rings. The van der Waals surface area contributed by atoms with Gasteiger partial charge >= 0.3 is 6.09 Å². The van der Waals surface area contributed by atoms with E-state index in [1.165, 1.54) is 24.6 Å². The van der Waals surface area contributed by atoms with Crippen LogP contribution < -0.4 is 5.32 Å². The Balaban J connectivity index is 1.72. The van der Waals surface area contributed by atoms with E-state index in [4.69, 9.17) is 14.8 Å². The van der Waals surface area contributed by atoms with E-state index in [0.717, 1.165) is 18.6 Å². The van der Waals surface area contributed by atoms with Crippen LogP contribution >= 0.6 is 11.8 Å². The molecule has 1 spiro atoms. The number of rotatable bonds is 0. The van der Waals surface area contributed by atoms with Gasteiger partial charge in [-0.2, -0.15) is 0 Å². The molecule has 5 nitrogen and oxygen atoms in total. The molecule has 5 atom stereocenters. The zero-order chi connectivity index (χ0) is 15.2. The van der Waals surface area contributed by atoms with E-state index >= 15 is 0 Å². The average Bonchev–Trinajstić information content (AvgIpc) is 2.92. The van der Waals surface area contributed by atoms with Crippen LogP contribution in [0.2, 0.25) is 0 Å². The zero-order valence-electron chi connectivity index (χ0n) is 12.3. The number of nitrogens with zero attached hydrogens (tertiary/aromatic N) is 1. The number of allylic oxidation sites excluding steroid dienone is 2. The molecule has 5 unspecified atom stereocenters. The molecule has 6 heteroatoms. The van der Waals surface area contributed by atoms with Crippen LogP contribution in [-0.2, 0) is 4.74 Å². The van der Waals surface area contributed by atoms with Crippen molar-refractivity contribution >= 4 is 23.0 Å². The van der Waals surface area contributed by atoms with Crippen LogP contribution in [0, 0.1) is 11.8 Å². The Morgan fingerprint density at radius 3 is 3.05 bits per heavy atom. The van der Waals surface area contributed by atoms with Crippen LogP contribution in [-0.4, -0.2) is 39.9 Å². The molecule has 2 aliphatic carbocycles. The van der Waals surface area contributed by atoms with Gasteiger partial charge in [-0.3, -0.25) is 10.3 Å². The summed E-state index contributed by atoms with van der Waals surface area (Å²) in [4.78, 5) is 15.8. The third-order valence-corrected chi connectivity index (χ3v) is 6.38. The zero-order valence-corrected chi connectivity index (χ0v) is 13.1. The number of carboxylic acid groups (broad SMARTS) is 1. The first-order valence-electron chi connectivity index (χ1n) is 7.92. The predicted molar refractivity (Wildman–Crippen MR) is 86.2 cm³/mol. The van der Waals surface area contributed by atoms with E-state index in [1.807, 2.05) is 6.08 Å². The fraction of sp³-hybridized carbons (Fsp3) is 0.625. The number of ether oxygens (including phenoxy) is 1. The lowest BCUT2D eigenvalue weighted by atomic mass is 9.63. The highest BCUT2D eigenvalue weighted by Gasteiger charge is 2.57. The van der Waals surface area contributed by atoms with Crippen LogP contribution in [0.4, 0.5) is 4.79 Å². The molecule has 22 heavy (non-hydrogen) atoms. The number of amidine groups is 1. The smallest absolute Gasteiger partial charge is 0.410 e. The SMILES string of the molecule is O=C(O)NC1=NC2(CS1)C1C=CC=CC1OC1CCCCC12. The summed E-state index contributed by atoms with van der Waals surface area (Å²) in [5.41, 5.74) is -0.224. The Bertz CT molecular complexity index is 574. The normalized spacial score (nSPS) is 42.6. The minimum absolute atomic E-state index is 0.0675. The van der Waals surface area contributed by atoms with Gasteiger partial charge in [0.05, 0.1) is 17.7 Å². The van der Waals surface area contributed by atoms with Crippen LogP contribution in [0.5, 0.6) is 0 Å². The van der Waals surface area contributed by atoms with E-state index in [2.05, 4.69) is 23.5 Å². The van der Waals surface area contributed by atoms with Gasteiger partial charge in [-0.25, -0.2) is 4.79 Å². The van der Waals surface area contributed by atoms with Crippen LogP contribution in [0.25, 0.3) is 0 Å². The lowest BCUT2D eigenvalue weighted by Gasteiger charge is -2.53. The number of hydrogen-bond donors (Lipinski definition) is 2. The summed E-state index contributed by atoms with van der Waals surface area (Å²) in [6.07, 6.45) is 12.4. The summed E-state index contributed by atoms with van der Waals surface area (Å²) < 4.78 is 6.34. The predicted octanol–water partition coefficient (Wildman–Crippen LogP) is 2.80. The van der Waals surface area contributed by atoms with Crippen LogP contribution in [0.1, 0.15) is 25.7 Å². The van der Waals surface area contributed by atoms with Gasteiger partial charge in [0.15, 0.2) is 5.17 Å². The van der Waals surface area contributed by atoms with E-state index in [-0.39, 0.29) is 23.7 Å². The Labute approximate surface area is 133 Å². The summed E-state index contributed by atoms with van der Waals surface area (Å²) in [7, 11) is 0. The molecule has 1 saturated heterocycles. The Hall–Kier alpha value is -1.27. The van der Waals surface area contributed by atoms with Crippen molar-refractivity contribution in [3.8, 4) is 0 Å². The molecule has 118 valence electrons. The molecule has 2 N–H and O–H groups in total. The lowest BCUT2D eigenvalue weighted by molar-refractivity contribution is -0.132. The number of hydrogen-bond acceptors (Lipinski definition) is 4. The maximum atomic E-state index is 10.9. The molecule has 0 aromatic rings. The van der Waals surface area contributed by atoms with Crippen LogP contribution in [0.15, 0.2) is 29.3 Å². The molecule has 1 amide bonds. The average molecular weight is 320 g/mol. The van der Waals surface area contributed by atoms with Gasteiger partial charge < -0.3 is 9.84 Å². The summed E-state index contributed by atoms with van der Waals surface area (Å²) in [5, 5.41) is 12.0. The van der Waals surface area contributed by atoms with Gasteiger partial charge in [0.25, 0.3) is 0 Å². The summed E-state index contributed by atoms with van der Waals surface area (Å²) >= 11 is 1.53. The third-order valence-electron chi connectivity index (χ3n) is 5.30. The van der Waals surface area contributed by atoms with E-state index in [0.29, 0.717) is 11.1 Å². The van der Waals surface area contributed by atoms with E-state index in [9.17, 15) is 4.79 Å². The van der Waals surface area contributed by atoms with Gasteiger partial charge in [-0.1, -0.05) is 48.9 Å². The first-order valence-corrected chi connectivity index (χ1v) is 8.91. The van der Waals surface area contributed by atoms with Crippen molar-refractivity contribution < 1.29 is 14.6 Å². The summed E-state index contributed by atoms with van der Waals surface area (Å²) in [6, 6.07) is 0. The van der Waals surface area contributed by atoms with Crippen molar-refractivity contribution in [1.82, 2.24) is 5.32 Å². The monoisotopic (exact) mass is 320 g/mol.